The van der Waals surface area contributed by atoms with Crippen molar-refractivity contribution >= 4 is 40.9 Å². The Morgan fingerprint density at radius 3 is 2.36 bits per heavy atom. The number of hydrogen-bond acceptors (Lipinski definition) is 14. The summed E-state index contributed by atoms with van der Waals surface area (Å²) in [6.07, 6.45) is 3.96. The normalized spacial score (nSPS) is 17.8. The zero-order valence-electron chi connectivity index (χ0n) is 42.1. The monoisotopic (exact) mass is 996 g/mol. The van der Waals surface area contributed by atoms with Gasteiger partial charge in [-0.1, -0.05) is 35.5 Å². The van der Waals surface area contributed by atoms with Crippen LogP contribution in [-0.4, -0.2) is 142 Å². The number of hydrogen-bond donors (Lipinski definition) is 4. The molecule has 9 rings (SSSR count). The van der Waals surface area contributed by atoms with E-state index in [-0.39, 0.29) is 42.0 Å². The van der Waals surface area contributed by atoms with Gasteiger partial charge in [-0.2, -0.15) is 0 Å². The second-order valence-electron chi connectivity index (χ2n) is 19.4. The van der Waals surface area contributed by atoms with Crippen LogP contribution < -0.4 is 26.4 Å². The Balaban J connectivity index is 0.740. The van der Waals surface area contributed by atoms with Gasteiger partial charge in [0.05, 0.1) is 36.6 Å². The highest BCUT2D eigenvalue weighted by Gasteiger charge is 2.45. The van der Waals surface area contributed by atoms with Crippen molar-refractivity contribution in [3.8, 4) is 11.1 Å². The maximum absolute atomic E-state index is 14.0. The smallest absolute Gasteiger partial charge is 0.264 e. The molecule has 6 heterocycles. The molecule has 3 fully saturated rings. The number of aromatic amines is 1. The van der Waals surface area contributed by atoms with Gasteiger partial charge in [0.2, 0.25) is 11.8 Å². The fourth-order valence-electron chi connectivity index (χ4n) is 10.5. The number of carbonyl (C=O) groups is 5. The number of carbonyl (C=O) groups excluding carboxylic acids is 5. The van der Waals surface area contributed by atoms with E-state index in [4.69, 9.17) is 9.47 Å². The molecule has 0 aliphatic carbocycles. The highest BCUT2D eigenvalue weighted by molar-refractivity contribution is 6.25. The van der Waals surface area contributed by atoms with E-state index in [1.807, 2.05) is 39.1 Å². The summed E-state index contributed by atoms with van der Waals surface area (Å²) in [6, 6.07) is 19.0. The zero-order chi connectivity index (χ0) is 51.2. The minimum Gasteiger partial charge on any atom is -0.382 e. The molecule has 384 valence electrons. The zero-order valence-corrected chi connectivity index (χ0v) is 42.1. The van der Waals surface area contributed by atoms with Crippen LogP contribution in [0.15, 0.2) is 71.7 Å². The number of pyridine rings is 1. The molecule has 1 unspecified atom stereocenters. The number of ether oxygens (including phenoxy) is 2. The van der Waals surface area contributed by atoms with E-state index in [9.17, 15) is 28.8 Å². The molecule has 73 heavy (non-hydrogen) atoms. The summed E-state index contributed by atoms with van der Waals surface area (Å²) in [5.74, 6) is -2.38. The summed E-state index contributed by atoms with van der Waals surface area (Å²) < 4.78 is 13.3. The van der Waals surface area contributed by atoms with Crippen LogP contribution in [0, 0.1) is 20.8 Å². The minimum atomic E-state index is -1.02. The van der Waals surface area contributed by atoms with E-state index in [1.165, 1.54) is 5.56 Å². The lowest BCUT2D eigenvalue weighted by Crippen LogP contribution is -2.54. The fraction of sp³-hybridized carbons (Fsp3) is 0.444. The van der Waals surface area contributed by atoms with Crippen LogP contribution in [0.4, 0.5) is 11.4 Å². The summed E-state index contributed by atoms with van der Waals surface area (Å²) in [4.78, 5) is 88.5. The Hall–Kier alpha value is -7.06. The Morgan fingerprint density at radius 1 is 0.877 bits per heavy atom. The number of amides is 5. The molecular formula is C54H65N11O8. The molecule has 1 atom stereocenters. The van der Waals surface area contributed by atoms with Crippen LogP contribution in [-0.2, 0) is 45.2 Å². The van der Waals surface area contributed by atoms with Crippen LogP contribution >= 0.6 is 0 Å². The predicted octanol–water partition coefficient (Wildman–Crippen LogP) is 4.34. The van der Waals surface area contributed by atoms with Gasteiger partial charge >= 0.3 is 0 Å². The van der Waals surface area contributed by atoms with Gasteiger partial charge in [0, 0.05) is 119 Å². The summed E-state index contributed by atoms with van der Waals surface area (Å²) >= 11 is 0. The molecule has 19 nitrogen and oxygen atoms in total. The first-order valence-electron chi connectivity index (χ1n) is 25.4. The van der Waals surface area contributed by atoms with Gasteiger partial charge in [-0.3, -0.25) is 48.8 Å². The van der Waals surface area contributed by atoms with Gasteiger partial charge in [0.15, 0.2) is 0 Å². The quantitative estimate of drug-likeness (QED) is 0.0669. The first-order valence-corrected chi connectivity index (χ1v) is 25.4. The van der Waals surface area contributed by atoms with Gasteiger partial charge in [0.25, 0.3) is 23.3 Å². The lowest BCUT2D eigenvalue weighted by Gasteiger charge is -2.37. The largest absolute Gasteiger partial charge is 0.382 e. The second-order valence-corrected chi connectivity index (χ2v) is 19.4. The van der Waals surface area contributed by atoms with E-state index >= 15 is 0 Å². The molecule has 3 saturated heterocycles. The fourth-order valence-corrected chi connectivity index (χ4v) is 10.5. The summed E-state index contributed by atoms with van der Waals surface area (Å²) in [7, 11) is 0. The van der Waals surface area contributed by atoms with Crippen LogP contribution in [0.25, 0.3) is 11.1 Å². The maximum atomic E-state index is 14.0. The molecule has 0 spiro atoms. The Labute approximate surface area is 424 Å². The van der Waals surface area contributed by atoms with Gasteiger partial charge in [0.1, 0.15) is 6.04 Å². The summed E-state index contributed by atoms with van der Waals surface area (Å²) in [6.45, 7) is 17.1. The molecule has 5 aromatic rings. The van der Waals surface area contributed by atoms with Crippen molar-refractivity contribution in [3.63, 3.8) is 0 Å². The Kier molecular flexibility index (Phi) is 15.9. The van der Waals surface area contributed by atoms with E-state index in [2.05, 4.69) is 83.2 Å². The highest BCUT2D eigenvalue weighted by atomic mass is 16.5. The van der Waals surface area contributed by atoms with Crippen molar-refractivity contribution in [2.75, 3.05) is 75.9 Å². The average molecular weight is 996 g/mol. The van der Waals surface area contributed by atoms with Crippen molar-refractivity contribution in [2.24, 2.45) is 0 Å². The summed E-state index contributed by atoms with van der Waals surface area (Å²) in [5, 5.41) is 17.2. The Bertz CT molecular complexity index is 2920. The van der Waals surface area contributed by atoms with E-state index in [0.717, 1.165) is 96.3 Å². The number of aromatic nitrogens is 4. The van der Waals surface area contributed by atoms with Crippen molar-refractivity contribution in [2.45, 2.75) is 91.6 Å². The standard InChI is InChI=1S/C54H65N11O8/c1-5-64(41-15-23-72-24-16-41)47-29-39(28-43(36(47)4)50(67)56-30-44-34(2)27-35(3)57-51(44)68)38-11-9-37(10-12-38)31-61-18-20-62(21-19-61)32-40-33-63(60-59-40)22-26-73-25-17-55-45-8-6-7-42-49(45)54(71)65(53(42)70)46-13-14-48(66)58-52(46)69/h6-12,27-29,33,41,46,55H,5,13-26,30-32H2,1-4H3,(H,56,67)(H,57,68)(H,58,66,69). The van der Waals surface area contributed by atoms with Crippen LogP contribution in [0.5, 0.6) is 0 Å². The number of rotatable bonds is 19. The number of aryl methyl sites for hydroxylation is 2. The van der Waals surface area contributed by atoms with Crippen LogP contribution in [0.2, 0.25) is 0 Å². The number of piperazine rings is 1. The van der Waals surface area contributed by atoms with Crippen LogP contribution in [0.3, 0.4) is 0 Å². The van der Waals surface area contributed by atoms with E-state index in [0.29, 0.717) is 68.9 Å². The van der Waals surface area contributed by atoms with Gasteiger partial charge in [-0.25, -0.2) is 4.68 Å². The third kappa shape index (κ3) is 11.6. The van der Waals surface area contributed by atoms with Crippen molar-refractivity contribution in [1.29, 1.82) is 0 Å². The molecule has 0 bridgehead atoms. The molecule has 4 aliphatic rings. The van der Waals surface area contributed by atoms with Gasteiger partial charge in [-0.15, -0.1) is 5.10 Å². The van der Waals surface area contributed by atoms with E-state index in [1.54, 1.807) is 22.9 Å². The molecule has 4 aliphatic heterocycles. The number of H-pyrrole nitrogens is 1. The lowest BCUT2D eigenvalue weighted by molar-refractivity contribution is -0.136. The molecular weight excluding hydrogens is 931 g/mol. The maximum Gasteiger partial charge on any atom is 0.264 e. The Morgan fingerprint density at radius 2 is 1.63 bits per heavy atom. The molecule has 4 N–H and O–H groups in total. The minimum absolute atomic E-state index is 0.0597. The van der Waals surface area contributed by atoms with Gasteiger partial charge < -0.3 is 30.0 Å². The molecule has 5 amide bonds. The number of benzene rings is 3. The first kappa shape index (κ1) is 50.9. The predicted molar refractivity (Wildman–Crippen MR) is 274 cm³/mol. The molecule has 0 radical (unpaired) electrons. The SMILES string of the molecule is CCN(c1cc(-c2ccc(CN3CCN(Cc4cn(CCOCCNc5cccc6c5C(=O)N(C5CCC(=O)NC5=O)C6=O)nn4)CC3)cc2)cc(C(=O)NCc2c(C)cc(C)[nH]c2=O)c1C)C1CCOCC1. The van der Waals surface area contributed by atoms with Gasteiger partial charge in [-0.05, 0) is 105 Å². The first-order chi connectivity index (χ1) is 35.3. The molecule has 3 aromatic carbocycles. The molecule has 19 heteroatoms. The van der Waals surface area contributed by atoms with E-state index < -0.39 is 29.7 Å². The average Bonchev–Trinajstić information content (AvgIpc) is 3.93. The third-order valence-electron chi connectivity index (χ3n) is 14.5. The van der Waals surface area contributed by atoms with Crippen molar-refractivity contribution in [1.82, 2.24) is 45.3 Å². The molecule has 2 aromatic heterocycles. The third-order valence-corrected chi connectivity index (χ3v) is 14.5. The number of piperidine rings is 1. The number of nitrogens with one attached hydrogen (secondary N) is 4. The van der Waals surface area contributed by atoms with Crippen molar-refractivity contribution < 1.29 is 33.4 Å². The summed E-state index contributed by atoms with van der Waals surface area (Å²) in [5.41, 5.74) is 9.56. The topological polar surface area (TPSA) is 216 Å². The number of imide groups is 2. The number of fused-ring (bicyclic) bond motifs is 1. The number of anilines is 2. The lowest BCUT2D eigenvalue weighted by atomic mass is 9.94. The number of nitrogens with zero attached hydrogens (tertiary/aromatic N) is 7. The molecule has 0 saturated carbocycles. The highest BCUT2D eigenvalue weighted by Crippen LogP contribution is 2.35. The van der Waals surface area contributed by atoms with Crippen molar-refractivity contribution in [3.05, 3.63) is 128 Å². The van der Waals surface area contributed by atoms with Crippen LogP contribution in [0.1, 0.15) is 97.3 Å². The second kappa shape index (κ2) is 22.8.